The molecule has 0 bridgehead atoms. The second kappa shape index (κ2) is 7.98. The minimum Gasteiger partial charge on any atom is -0.353 e. The molecule has 102 valence electrons. The molecule has 0 fully saturated rings. The quantitative estimate of drug-likeness (QED) is 0.704. The molecule has 0 aliphatic carbocycles. The first-order valence-corrected chi connectivity index (χ1v) is 7.77. The minimum absolute atomic E-state index is 0.0142. The summed E-state index contributed by atoms with van der Waals surface area (Å²) in [6.07, 6.45) is 5.16. The molecule has 0 radical (unpaired) electrons. The molecule has 0 aromatic rings. The number of nitrogens with one attached hydrogen (secondary N) is 1. The van der Waals surface area contributed by atoms with Gasteiger partial charge in [-0.05, 0) is 25.0 Å². The fourth-order valence-corrected chi connectivity index (χ4v) is 2.53. The van der Waals surface area contributed by atoms with Gasteiger partial charge >= 0.3 is 0 Å². The van der Waals surface area contributed by atoms with Crippen molar-refractivity contribution in [3.63, 3.8) is 0 Å². The fraction of sp³-hybridized carbons (Fsp3) is 0.923. The molecule has 3 N–H and O–H groups in total. The number of carbonyl (C=O) groups is 1. The first-order chi connectivity index (χ1) is 7.96. The third kappa shape index (κ3) is 4.88. The summed E-state index contributed by atoms with van der Waals surface area (Å²) in [5.41, 5.74) is 5.91. The lowest BCUT2D eigenvalue weighted by atomic mass is 9.98. The molecule has 1 amide bonds. The summed E-state index contributed by atoms with van der Waals surface area (Å²) < 4.78 is 0.158. The van der Waals surface area contributed by atoms with E-state index in [9.17, 15) is 4.79 Å². The Kier molecular flexibility index (Phi) is 7.88. The van der Waals surface area contributed by atoms with Crippen LogP contribution in [0.4, 0.5) is 0 Å². The van der Waals surface area contributed by atoms with Crippen LogP contribution in [0.5, 0.6) is 0 Å². The van der Waals surface area contributed by atoms with Gasteiger partial charge in [0.1, 0.15) is 0 Å². The van der Waals surface area contributed by atoms with Gasteiger partial charge in [0.2, 0.25) is 5.91 Å². The van der Waals surface area contributed by atoms with Crippen molar-refractivity contribution in [3.05, 3.63) is 0 Å². The van der Waals surface area contributed by atoms with E-state index in [0.717, 1.165) is 19.3 Å². The summed E-state index contributed by atoms with van der Waals surface area (Å²) in [5.74, 6) is 0.224. The van der Waals surface area contributed by atoms with Crippen LogP contribution in [0.3, 0.4) is 0 Å². The third-order valence-corrected chi connectivity index (χ3v) is 5.45. The summed E-state index contributed by atoms with van der Waals surface area (Å²) in [7, 11) is 0. The van der Waals surface area contributed by atoms with Crippen molar-refractivity contribution in [1.29, 1.82) is 0 Å². The van der Waals surface area contributed by atoms with Crippen molar-refractivity contribution in [2.75, 3.05) is 12.8 Å². The summed E-state index contributed by atoms with van der Waals surface area (Å²) in [6, 6.07) is -0.381. The van der Waals surface area contributed by atoms with E-state index in [1.54, 1.807) is 0 Å². The first kappa shape index (κ1) is 16.8. The summed E-state index contributed by atoms with van der Waals surface area (Å²) in [5, 5.41) is 3.01. The number of rotatable bonds is 8. The van der Waals surface area contributed by atoms with Gasteiger partial charge in [-0.3, -0.25) is 4.79 Å². The van der Waals surface area contributed by atoms with Crippen LogP contribution in [0.15, 0.2) is 0 Å². The summed E-state index contributed by atoms with van der Waals surface area (Å²) in [6.45, 7) is 9.12. The molecular formula is C13H28N2OS. The van der Waals surface area contributed by atoms with E-state index in [0.29, 0.717) is 6.54 Å². The van der Waals surface area contributed by atoms with Crippen LogP contribution < -0.4 is 11.1 Å². The standard InChI is InChI=1S/C13H28N2OS/c1-6-10(4)11(14)12(16)15-9-13(7-2,8-3)17-5/h10-11H,6-9,14H2,1-5H3,(H,15,16)/t10-,11-/m0/s1. The Morgan fingerprint density at radius 3 is 2.24 bits per heavy atom. The highest BCUT2D eigenvalue weighted by Gasteiger charge is 2.27. The van der Waals surface area contributed by atoms with E-state index in [2.05, 4.69) is 32.3 Å². The average Bonchev–Trinajstić information content (AvgIpc) is 2.38. The van der Waals surface area contributed by atoms with Gasteiger partial charge in [0, 0.05) is 11.3 Å². The van der Waals surface area contributed by atoms with Gasteiger partial charge in [-0.2, -0.15) is 11.8 Å². The van der Waals surface area contributed by atoms with Crippen molar-refractivity contribution in [2.24, 2.45) is 11.7 Å². The van der Waals surface area contributed by atoms with E-state index in [-0.39, 0.29) is 22.6 Å². The predicted molar refractivity (Wildman–Crippen MR) is 77.3 cm³/mol. The van der Waals surface area contributed by atoms with E-state index in [1.807, 2.05) is 18.7 Å². The van der Waals surface area contributed by atoms with Crippen molar-refractivity contribution in [2.45, 2.75) is 57.7 Å². The van der Waals surface area contributed by atoms with Gasteiger partial charge in [-0.15, -0.1) is 0 Å². The number of amides is 1. The monoisotopic (exact) mass is 260 g/mol. The largest absolute Gasteiger partial charge is 0.353 e. The van der Waals surface area contributed by atoms with Crippen LogP contribution in [0.25, 0.3) is 0 Å². The van der Waals surface area contributed by atoms with Crippen molar-refractivity contribution >= 4 is 17.7 Å². The maximum atomic E-state index is 11.9. The number of thioether (sulfide) groups is 1. The molecule has 0 saturated carbocycles. The van der Waals surface area contributed by atoms with Crippen molar-refractivity contribution in [1.82, 2.24) is 5.32 Å². The predicted octanol–water partition coefficient (Wildman–Crippen LogP) is 2.40. The first-order valence-electron chi connectivity index (χ1n) is 6.54. The van der Waals surface area contributed by atoms with Crippen LogP contribution in [0.1, 0.15) is 47.0 Å². The Morgan fingerprint density at radius 2 is 1.88 bits per heavy atom. The van der Waals surface area contributed by atoms with Gasteiger partial charge in [0.05, 0.1) is 6.04 Å². The zero-order valence-corrected chi connectivity index (χ0v) is 12.7. The van der Waals surface area contributed by atoms with Crippen LogP contribution >= 0.6 is 11.8 Å². The number of hydrogen-bond donors (Lipinski definition) is 2. The van der Waals surface area contributed by atoms with Gasteiger partial charge in [0.25, 0.3) is 0 Å². The Morgan fingerprint density at radius 1 is 1.35 bits per heavy atom. The summed E-state index contributed by atoms with van der Waals surface area (Å²) >= 11 is 1.83. The fourth-order valence-electron chi connectivity index (χ4n) is 1.74. The lowest BCUT2D eigenvalue weighted by molar-refractivity contribution is -0.123. The molecular weight excluding hydrogens is 232 g/mol. The maximum absolute atomic E-state index is 11.9. The Bertz CT molecular complexity index is 221. The minimum atomic E-state index is -0.381. The molecule has 0 spiro atoms. The van der Waals surface area contributed by atoms with E-state index in [1.165, 1.54) is 0 Å². The molecule has 0 heterocycles. The van der Waals surface area contributed by atoms with Crippen LogP contribution in [-0.2, 0) is 4.79 Å². The smallest absolute Gasteiger partial charge is 0.237 e. The lowest BCUT2D eigenvalue weighted by Crippen LogP contribution is -2.48. The molecule has 0 unspecified atom stereocenters. The molecule has 2 atom stereocenters. The topological polar surface area (TPSA) is 55.1 Å². The molecule has 0 rings (SSSR count). The van der Waals surface area contributed by atoms with Gasteiger partial charge in [-0.1, -0.05) is 34.1 Å². The highest BCUT2D eigenvalue weighted by atomic mass is 32.2. The second-order valence-electron chi connectivity index (χ2n) is 4.72. The molecule has 0 aromatic carbocycles. The number of nitrogens with two attached hydrogens (primary N) is 1. The molecule has 0 aromatic heterocycles. The summed E-state index contributed by atoms with van der Waals surface area (Å²) in [4.78, 5) is 11.9. The SMILES string of the molecule is CC[C@H](C)[C@H](N)C(=O)NCC(CC)(CC)SC. The molecule has 0 aliphatic heterocycles. The van der Waals surface area contributed by atoms with Crippen molar-refractivity contribution < 1.29 is 4.79 Å². The van der Waals surface area contributed by atoms with E-state index < -0.39 is 0 Å². The molecule has 0 aliphatic rings. The third-order valence-electron chi connectivity index (χ3n) is 3.87. The molecule has 4 heteroatoms. The highest BCUT2D eigenvalue weighted by Crippen LogP contribution is 2.29. The molecule has 17 heavy (non-hydrogen) atoms. The van der Waals surface area contributed by atoms with Gasteiger partial charge in [0.15, 0.2) is 0 Å². The van der Waals surface area contributed by atoms with Crippen LogP contribution in [0, 0.1) is 5.92 Å². The zero-order valence-electron chi connectivity index (χ0n) is 11.9. The number of carbonyl (C=O) groups excluding carboxylic acids is 1. The highest BCUT2D eigenvalue weighted by molar-refractivity contribution is 8.00. The molecule has 3 nitrogen and oxygen atoms in total. The van der Waals surface area contributed by atoms with Crippen molar-refractivity contribution in [3.8, 4) is 0 Å². The second-order valence-corrected chi connectivity index (χ2v) is 6.00. The van der Waals surface area contributed by atoms with Crippen LogP contribution in [-0.4, -0.2) is 29.5 Å². The van der Waals surface area contributed by atoms with Gasteiger partial charge in [-0.25, -0.2) is 0 Å². The van der Waals surface area contributed by atoms with E-state index in [4.69, 9.17) is 5.73 Å². The average molecular weight is 260 g/mol. The Labute approximate surface area is 110 Å². The van der Waals surface area contributed by atoms with E-state index >= 15 is 0 Å². The Hall–Kier alpha value is -0.220. The maximum Gasteiger partial charge on any atom is 0.237 e. The normalized spacial score (nSPS) is 15.4. The lowest BCUT2D eigenvalue weighted by Gasteiger charge is -2.30. The van der Waals surface area contributed by atoms with Gasteiger partial charge < -0.3 is 11.1 Å². The number of hydrogen-bond acceptors (Lipinski definition) is 3. The molecule has 0 saturated heterocycles. The Balaban J connectivity index is 4.31. The van der Waals surface area contributed by atoms with Crippen LogP contribution in [0.2, 0.25) is 0 Å². The zero-order chi connectivity index (χ0) is 13.5.